The topological polar surface area (TPSA) is 99.1 Å². The Kier molecular flexibility index (Phi) is 4.59. The van der Waals surface area contributed by atoms with Gasteiger partial charge in [-0.2, -0.15) is 0 Å². The average molecular weight is 401 g/mol. The van der Waals surface area contributed by atoms with Crippen LogP contribution in [0.5, 0.6) is 5.75 Å². The fourth-order valence-electron chi connectivity index (χ4n) is 4.53. The number of pyridine rings is 1. The molecule has 30 heavy (non-hydrogen) atoms. The minimum absolute atomic E-state index is 0.0785. The molecule has 0 amide bonds. The zero-order valence-corrected chi connectivity index (χ0v) is 16.4. The molecule has 7 heteroatoms. The standard InChI is InChI=1S/C23H23N5O2/c1-2-17-15(12-30-16-6-5-14-4-3-8-25-19(14)11-16)10-20(21(17)29)28-9-7-18-22(24)26-13-27-23(18)28/h2-9,11,13,15,17,20-21,29H,1,10,12H2,(H2,24,26,27)/t15-,17-,20-,21-/m1/s1. The number of rotatable bonds is 5. The van der Waals surface area contributed by atoms with Crippen molar-refractivity contribution in [2.75, 3.05) is 12.3 Å². The minimum Gasteiger partial charge on any atom is -0.493 e. The average Bonchev–Trinajstić information content (AvgIpc) is 3.33. The molecule has 0 aliphatic heterocycles. The van der Waals surface area contributed by atoms with Crippen molar-refractivity contribution in [3.63, 3.8) is 0 Å². The lowest BCUT2D eigenvalue weighted by atomic mass is 9.96. The van der Waals surface area contributed by atoms with E-state index in [-0.39, 0.29) is 17.9 Å². The van der Waals surface area contributed by atoms with Crippen molar-refractivity contribution >= 4 is 27.8 Å². The van der Waals surface area contributed by atoms with Crippen molar-refractivity contribution in [1.82, 2.24) is 19.5 Å². The second-order valence-electron chi connectivity index (χ2n) is 7.75. The summed E-state index contributed by atoms with van der Waals surface area (Å²) < 4.78 is 8.09. The largest absolute Gasteiger partial charge is 0.493 e. The molecule has 0 spiro atoms. The molecular weight excluding hydrogens is 378 g/mol. The third-order valence-corrected chi connectivity index (χ3v) is 6.09. The van der Waals surface area contributed by atoms with Crippen LogP contribution >= 0.6 is 0 Å². The molecule has 4 atom stereocenters. The van der Waals surface area contributed by atoms with E-state index in [1.165, 1.54) is 6.33 Å². The molecule has 3 N–H and O–H groups in total. The van der Waals surface area contributed by atoms with E-state index in [0.717, 1.165) is 34.1 Å². The minimum atomic E-state index is -0.582. The van der Waals surface area contributed by atoms with E-state index in [0.29, 0.717) is 12.4 Å². The number of hydrogen-bond donors (Lipinski definition) is 2. The number of aliphatic hydroxyl groups is 1. The lowest BCUT2D eigenvalue weighted by molar-refractivity contribution is 0.101. The number of ether oxygens (including phenoxy) is 1. The van der Waals surface area contributed by atoms with E-state index < -0.39 is 6.10 Å². The molecule has 7 nitrogen and oxygen atoms in total. The van der Waals surface area contributed by atoms with Crippen molar-refractivity contribution in [2.45, 2.75) is 18.6 Å². The summed E-state index contributed by atoms with van der Waals surface area (Å²) >= 11 is 0. The number of nitrogens with zero attached hydrogens (tertiary/aromatic N) is 4. The van der Waals surface area contributed by atoms with Gasteiger partial charge in [0.25, 0.3) is 0 Å². The van der Waals surface area contributed by atoms with Crippen molar-refractivity contribution in [2.24, 2.45) is 11.8 Å². The molecule has 0 radical (unpaired) electrons. The first-order chi connectivity index (χ1) is 14.7. The summed E-state index contributed by atoms with van der Waals surface area (Å²) in [5, 5.41) is 12.9. The number of fused-ring (bicyclic) bond motifs is 2. The van der Waals surface area contributed by atoms with Gasteiger partial charge in [-0.3, -0.25) is 4.98 Å². The smallest absolute Gasteiger partial charge is 0.145 e. The van der Waals surface area contributed by atoms with Crippen molar-refractivity contribution in [3.05, 3.63) is 67.8 Å². The van der Waals surface area contributed by atoms with Crippen LogP contribution in [0.2, 0.25) is 0 Å². The molecule has 0 bridgehead atoms. The van der Waals surface area contributed by atoms with Crippen molar-refractivity contribution < 1.29 is 9.84 Å². The number of aliphatic hydroxyl groups excluding tert-OH is 1. The lowest BCUT2D eigenvalue weighted by Gasteiger charge is -2.20. The third kappa shape index (κ3) is 3.07. The van der Waals surface area contributed by atoms with Crippen LogP contribution in [-0.2, 0) is 0 Å². The van der Waals surface area contributed by atoms with Crippen molar-refractivity contribution in [1.29, 1.82) is 0 Å². The predicted octanol–water partition coefficient (Wildman–Crippen LogP) is 3.36. The summed E-state index contributed by atoms with van der Waals surface area (Å²) in [6, 6.07) is 11.6. The molecule has 3 aromatic heterocycles. The highest BCUT2D eigenvalue weighted by atomic mass is 16.5. The quantitative estimate of drug-likeness (QED) is 0.498. The molecule has 3 heterocycles. The second kappa shape index (κ2) is 7.42. The molecule has 4 aromatic rings. The summed E-state index contributed by atoms with van der Waals surface area (Å²) in [7, 11) is 0. The van der Waals surface area contributed by atoms with Gasteiger partial charge >= 0.3 is 0 Å². The maximum Gasteiger partial charge on any atom is 0.145 e. The molecule has 152 valence electrons. The number of aromatic nitrogens is 4. The molecule has 1 aliphatic rings. The number of nitrogen functional groups attached to an aromatic ring is 1. The van der Waals surface area contributed by atoms with Crippen LogP contribution in [0.25, 0.3) is 21.9 Å². The highest BCUT2D eigenvalue weighted by Gasteiger charge is 2.42. The predicted molar refractivity (Wildman–Crippen MR) is 116 cm³/mol. The first-order valence-corrected chi connectivity index (χ1v) is 10.0. The highest BCUT2D eigenvalue weighted by Crippen LogP contribution is 2.42. The fraction of sp³-hybridized carbons (Fsp3) is 0.261. The first-order valence-electron chi connectivity index (χ1n) is 10.0. The van der Waals surface area contributed by atoms with E-state index in [1.54, 1.807) is 6.20 Å². The Balaban J connectivity index is 1.37. The molecule has 5 rings (SSSR count). The van der Waals surface area contributed by atoms with Crippen LogP contribution in [0.15, 0.2) is 67.8 Å². The first kappa shape index (κ1) is 18.6. The number of anilines is 1. The van der Waals surface area contributed by atoms with Gasteiger partial charge in [-0.25, -0.2) is 9.97 Å². The molecule has 1 fully saturated rings. The van der Waals surface area contributed by atoms with Crippen LogP contribution < -0.4 is 10.5 Å². The van der Waals surface area contributed by atoms with E-state index in [2.05, 4.69) is 21.5 Å². The Morgan fingerprint density at radius 1 is 1.23 bits per heavy atom. The van der Waals surface area contributed by atoms with Gasteiger partial charge in [0.15, 0.2) is 0 Å². The Morgan fingerprint density at radius 2 is 2.13 bits per heavy atom. The number of benzene rings is 1. The zero-order chi connectivity index (χ0) is 20.7. The highest BCUT2D eigenvalue weighted by molar-refractivity contribution is 5.86. The number of nitrogens with two attached hydrogens (primary N) is 1. The second-order valence-corrected chi connectivity index (χ2v) is 7.75. The monoisotopic (exact) mass is 401 g/mol. The Labute approximate surface area is 173 Å². The van der Waals surface area contributed by atoms with E-state index in [1.807, 2.05) is 53.2 Å². The zero-order valence-electron chi connectivity index (χ0n) is 16.4. The molecule has 1 saturated carbocycles. The summed E-state index contributed by atoms with van der Waals surface area (Å²) in [5.74, 6) is 1.26. The molecule has 1 aromatic carbocycles. The van der Waals surface area contributed by atoms with Gasteiger partial charge in [0.2, 0.25) is 0 Å². The maximum atomic E-state index is 11.0. The summed E-state index contributed by atoms with van der Waals surface area (Å²) in [6.07, 6.45) is 7.14. The van der Waals surface area contributed by atoms with Crippen LogP contribution in [0, 0.1) is 11.8 Å². The van der Waals surface area contributed by atoms with Gasteiger partial charge in [0.1, 0.15) is 23.5 Å². The maximum absolute atomic E-state index is 11.0. The van der Waals surface area contributed by atoms with Gasteiger partial charge in [-0.1, -0.05) is 12.1 Å². The fourth-order valence-corrected chi connectivity index (χ4v) is 4.53. The van der Waals surface area contributed by atoms with E-state index in [4.69, 9.17) is 10.5 Å². The van der Waals surface area contributed by atoms with Crippen molar-refractivity contribution in [3.8, 4) is 5.75 Å². The summed E-state index contributed by atoms with van der Waals surface area (Å²) in [5.41, 5.74) is 7.60. The Hall–Kier alpha value is -3.45. The number of hydrogen-bond acceptors (Lipinski definition) is 6. The molecule has 1 aliphatic carbocycles. The molecule has 0 unspecified atom stereocenters. The Morgan fingerprint density at radius 3 is 3.00 bits per heavy atom. The SMILES string of the molecule is C=C[C@@H]1[C@@H](COc2ccc3cccnc3c2)C[C@@H](n2ccc3c(N)ncnc32)[C@@H]1O. The molecular formula is C23H23N5O2. The van der Waals surface area contributed by atoms with Gasteiger partial charge in [0.05, 0.1) is 29.7 Å². The van der Waals surface area contributed by atoms with Gasteiger partial charge in [-0.05, 0) is 30.7 Å². The van der Waals surface area contributed by atoms with Crippen LogP contribution in [-0.4, -0.2) is 37.3 Å². The van der Waals surface area contributed by atoms with E-state index >= 15 is 0 Å². The molecule has 0 saturated heterocycles. The van der Waals surface area contributed by atoms with Crippen LogP contribution in [0.4, 0.5) is 5.82 Å². The van der Waals surface area contributed by atoms with Crippen LogP contribution in [0.1, 0.15) is 12.5 Å². The van der Waals surface area contributed by atoms with Gasteiger partial charge in [0, 0.05) is 35.7 Å². The summed E-state index contributed by atoms with van der Waals surface area (Å²) in [4.78, 5) is 12.8. The van der Waals surface area contributed by atoms with Gasteiger partial charge < -0.3 is 20.1 Å². The van der Waals surface area contributed by atoms with E-state index in [9.17, 15) is 5.11 Å². The lowest BCUT2D eigenvalue weighted by Crippen LogP contribution is -2.25. The normalized spacial score (nSPS) is 23.8. The Bertz CT molecular complexity index is 1220. The summed E-state index contributed by atoms with van der Waals surface area (Å²) in [6.45, 7) is 4.44. The van der Waals surface area contributed by atoms with Gasteiger partial charge in [-0.15, -0.1) is 6.58 Å². The van der Waals surface area contributed by atoms with Crippen LogP contribution in [0.3, 0.4) is 0 Å². The third-order valence-electron chi connectivity index (χ3n) is 6.09.